The molecule has 0 spiro atoms. The topological polar surface area (TPSA) is 155 Å². The minimum absolute atomic E-state index is 0.122. The van der Waals surface area contributed by atoms with Gasteiger partial charge in [-0.3, -0.25) is 9.59 Å². The number of rotatable bonds is 6. The predicted molar refractivity (Wildman–Crippen MR) is 94.6 cm³/mol. The molecule has 0 aliphatic carbocycles. The van der Waals surface area contributed by atoms with Crippen LogP contribution in [-0.2, 0) is 22.8 Å². The summed E-state index contributed by atoms with van der Waals surface area (Å²) in [5.41, 5.74) is 4.36. The molecule has 2 rings (SSSR count). The number of carbonyl (C=O) groups excluding carboxylic acids is 1. The minimum atomic E-state index is -3.73. The Morgan fingerprint density at radius 3 is 2.70 bits per heavy atom. The number of H-pyrrole nitrogens is 1. The van der Waals surface area contributed by atoms with Crippen LogP contribution in [0.25, 0.3) is 0 Å². The Morgan fingerprint density at radius 1 is 1.44 bits per heavy atom. The van der Waals surface area contributed by atoms with Crippen molar-refractivity contribution >= 4 is 15.7 Å². The van der Waals surface area contributed by atoms with Crippen LogP contribution in [-0.4, -0.2) is 41.7 Å². The second kappa shape index (κ2) is 7.84. The van der Waals surface area contributed by atoms with Gasteiger partial charge in [-0.1, -0.05) is 6.07 Å². The van der Waals surface area contributed by atoms with Crippen LogP contribution in [0.4, 0.5) is 4.39 Å². The fourth-order valence-electron chi connectivity index (χ4n) is 2.35. The maximum absolute atomic E-state index is 13.3. The van der Waals surface area contributed by atoms with E-state index in [0.717, 1.165) is 18.4 Å². The van der Waals surface area contributed by atoms with Gasteiger partial charge in [0.2, 0.25) is 5.75 Å². The number of aromatic amines is 1. The van der Waals surface area contributed by atoms with Gasteiger partial charge in [0, 0.05) is 25.3 Å². The lowest BCUT2D eigenvalue weighted by Crippen LogP contribution is -2.29. The van der Waals surface area contributed by atoms with Crippen LogP contribution < -0.4 is 16.6 Å². The third kappa shape index (κ3) is 5.11. The first-order valence-corrected chi connectivity index (χ1v) is 9.72. The van der Waals surface area contributed by atoms with Crippen LogP contribution in [0, 0.1) is 5.82 Å². The zero-order valence-corrected chi connectivity index (χ0v) is 15.4. The van der Waals surface area contributed by atoms with E-state index in [-0.39, 0.29) is 35.3 Å². The molecule has 5 N–H and O–H groups in total. The van der Waals surface area contributed by atoms with Gasteiger partial charge in [-0.15, -0.1) is 0 Å². The molecule has 1 aromatic heterocycles. The number of nitrogens with zero attached hydrogens (tertiary/aromatic N) is 1. The molecule has 1 aromatic carbocycles. The lowest BCUT2D eigenvalue weighted by Gasteiger charge is -2.11. The van der Waals surface area contributed by atoms with Crippen LogP contribution in [0.15, 0.2) is 27.9 Å². The fraction of sp³-hybridized carbons (Fsp3) is 0.312. The SMILES string of the molecule is CC(N)Cc1nc(C(=O)NCc2ccc(F)cc2S(C)(=O)=O)c(O)c(=O)[nH]1. The van der Waals surface area contributed by atoms with E-state index in [2.05, 4.69) is 15.3 Å². The first-order valence-electron chi connectivity index (χ1n) is 7.83. The molecule has 11 heteroatoms. The summed E-state index contributed by atoms with van der Waals surface area (Å²) >= 11 is 0. The number of aromatic hydroxyl groups is 1. The summed E-state index contributed by atoms with van der Waals surface area (Å²) in [6.07, 6.45) is 1.09. The number of aromatic nitrogens is 2. The van der Waals surface area contributed by atoms with Crippen molar-refractivity contribution in [2.75, 3.05) is 6.26 Å². The van der Waals surface area contributed by atoms with Crippen molar-refractivity contribution in [3.05, 3.63) is 51.5 Å². The molecule has 0 saturated heterocycles. The van der Waals surface area contributed by atoms with Gasteiger partial charge in [-0.2, -0.15) is 0 Å². The monoisotopic (exact) mass is 398 g/mol. The van der Waals surface area contributed by atoms with E-state index in [9.17, 15) is 27.5 Å². The summed E-state index contributed by atoms with van der Waals surface area (Å²) < 4.78 is 36.9. The Bertz CT molecular complexity index is 1030. The Morgan fingerprint density at radius 2 is 2.11 bits per heavy atom. The fourth-order valence-corrected chi connectivity index (χ4v) is 3.30. The highest BCUT2D eigenvalue weighted by atomic mass is 32.2. The van der Waals surface area contributed by atoms with Gasteiger partial charge in [0.05, 0.1) is 4.90 Å². The van der Waals surface area contributed by atoms with E-state index in [1.54, 1.807) is 6.92 Å². The zero-order valence-electron chi connectivity index (χ0n) is 14.6. The van der Waals surface area contributed by atoms with E-state index >= 15 is 0 Å². The summed E-state index contributed by atoms with van der Waals surface area (Å²) in [7, 11) is -3.73. The van der Waals surface area contributed by atoms with E-state index in [0.29, 0.717) is 0 Å². The number of carbonyl (C=O) groups is 1. The van der Waals surface area contributed by atoms with E-state index in [1.807, 2.05) is 0 Å². The highest BCUT2D eigenvalue weighted by Gasteiger charge is 2.20. The lowest BCUT2D eigenvalue weighted by atomic mass is 10.2. The molecular formula is C16H19FN4O5S. The van der Waals surface area contributed by atoms with Gasteiger partial charge < -0.3 is 21.1 Å². The Kier molecular flexibility index (Phi) is 5.96. The van der Waals surface area contributed by atoms with Crippen LogP contribution in [0.1, 0.15) is 28.8 Å². The Hall–Kier alpha value is -2.79. The number of hydrogen-bond acceptors (Lipinski definition) is 7. The molecule has 0 saturated carbocycles. The van der Waals surface area contributed by atoms with E-state index in [1.165, 1.54) is 6.07 Å². The van der Waals surface area contributed by atoms with E-state index in [4.69, 9.17) is 5.73 Å². The second-order valence-electron chi connectivity index (χ2n) is 6.10. The van der Waals surface area contributed by atoms with Gasteiger partial charge in [0.1, 0.15) is 11.6 Å². The molecule has 0 radical (unpaired) electrons. The zero-order chi connectivity index (χ0) is 20.4. The van der Waals surface area contributed by atoms with Crippen molar-refractivity contribution < 1.29 is 22.7 Å². The maximum atomic E-state index is 13.3. The predicted octanol–water partition coefficient (Wildman–Crippen LogP) is -0.162. The summed E-state index contributed by atoms with van der Waals surface area (Å²) in [5, 5.41) is 12.2. The van der Waals surface area contributed by atoms with Crippen LogP contribution in [0.5, 0.6) is 5.75 Å². The van der Waals surface area contributed by atoms with Gasteiger partial charge in [0.15, 0.2) is 15.5 Å². The van der Waals surface area contributed by atoms with Crippen molar-refractivity contribution in [1.29, 1.82) is 0 Å². The molecular weight excluding hydrogens is 379 g/mol. The molecule has 1 unspecified atom stereocenters. The Balaban J connectivity index is 2.30. The van der Waals surface area contributed by atoms with Crippen LogP contribution in [0.3, 0.4) is 0 Å². The maximum Gasteiger partial charge on any atom is 0.293 e. The Labute approximate surface area is 154 Å². The molecule has 0 aliphatic heterocycles. The number of sulfone groups is 1. The molecule has 1 amide bonds. The average molecular weight is 398 g/mol. The third-order valence-corrected chi connectivity index (χ3v) is 4.72. The van der Waals surface area contributed by atoms with Crippen LogP contribution in [0.2, 0.25) is 0 Å². The number of nitrogens with two attached hydrogens (primary N) is 1. The second-order valence-corrected chi connectivity index (χ2v) is 8.08. The third-order valence-electron chi connectivity index (χ3n) is 3.54. The highest BCUT2D eigenvalue weighted by Crippen LogP contribution is 2.18. The number of halogens is 1. The van der Waals surface area contributed by atoms with Crippen molar-refractivity contribution in [1.82, 2.24) is 15.3 Å². The molecule has 0 aliphatic rings. The largest absolute Gasteiger partial charge is 0.501 e. The molecule has 0 bridgehead atoms. The quantitative estimate of drug-likeness (QED) is 0.527. The molecule has 1 heterocycles. The van der Waals surface area contributed by atoms with Crippen LogP contribution >= 0.6 is 0 Å². The molecule has 146 valence electrons. The van der Waals surface area contributed by atoms with Gasteiger partial charge in [0.25, 0.3) is 11.5 Å². The standard InChI is InChI=1S/C16H19FN4O5S/c1-8(18)5-12-20-13(14(22)16(24)21-12)15(23)19-7-9-3-4-10(17)6-11(9)27(2,25)26/h3-4,6,8,22H,5,7,18H2,1-2H3,(H,19,23)(H,20,21,24). The number of benzene rings is 1. The van der Waals surface area contributed by atoms with E-state index < -0.39 is 38.6 Å². The molecule has 1 atom stereocenters. The molecule has 27 heavy (non-hydrogen) atoms. The van der Waals surface area contributed by atoms with Crippen molar-refractivity contribution in [3.8, 4) is 5.75 Å². The lowest BCUT2D eigenvalue weighted by molar-refractivity contribution is 0.0941. The highest BCUT2D eigenvalue weighted by molar-refractivity contribution is 7.90. The van der Waals surface area contributed by atoms with Crippen molar-refractivity contribution in [2.24, 2.45) is 5.73 Å². The average Bonchev–Trinajstić information content (AvgIpc) is 2.55. The summed E-state index contributed by atoms with van der Waals surface area (Å²) in [4.78, 5) is 30.0. The van der Waals surface area contributed by atoms with Crippen molar-refractivity contribution in [2.45, 2.75) is 30.8 Å². The molecule has 2 aromatic rings. The molecule has 0 fully saturated rings. The van der Waals surface area contributed by atoms with Crippen molar-refractivity contribution in [3.63, 3.8) is 0 Å². The first kappa shape index (κ1) is 20.5. The van der Waals surface area contributed by atoms with Gasteiger partial charge >= 0.3 is 0 Å². The van der Waals surface area contributed by atoms with Gasteiger partial charge in [-0.25, -0.2) is 17.8 Å². The summed E-state index contributed by atoms with van der Waals surface area (Å²) in [6.45, 7) is 1.39. The smallest absolute Gasteiger partial charge is 0.293 e. The number of nitrogens with one attached hydrogen (secondary N) is 2. The summed E-state index contributed by atoms with van der Waals surface area (Å²) in [5.74, 6) is -2.38. The van der Waals surface area contributed by atoms with Gasteiger partial charge in [-0.05, 0) is 24.6 Å². The number of hydrogen-bond donors (Lipinski definition) is 4. The first-order chi connectivity index (χ1) is 12.5. The summed E-state index contributed by atoms with van der Waals surface area (Å²) in [6, 6.07) is 2.78. The normalized spacial score (nSPS) is 12.6. The minimum Gasteiger partial charge on any atom is -0.501 e. The number of amides is 1. The molecule has 9 nitrogen and oxygen atoms in total.